The molecule has 0 saturated heterocycles. The van der Waals surface area contributed by atoms with Crippen LogP contribution in [0.1, 0.15) is 18.7 Å². The van der Waals surface area contributed by atoms with Crippen LogP contribution in [0, 0.1) is 0 Å². The van der Waals surface area contributed by atoms with E-state index in [0.717, 1.165) is 0 Å². The molecule has 1 aromatic rings. The Kier molecular flexibility index (Phi) is 4.96. The van der Waals surface area contributed by atoms with Gasteiger partial charge in [-0.25, -0.2) is 4.79 Å². The van der Waals surface area contributed by atoms with Crippen molar-refractivity contribution in [3.05, 3.63) is 22.4 Å². The van der Waals surface area contributed by atoms with Gasteiger partial charge in [0.15, 0.2) is 0 Å². The molecule has 17 heavy (non-hydrogen) atoms. The van der Waals surface area contributed by atoms with Crippen LogP contribution in [0.5, 0.6) is 0 Å². The lowest BCUT2D eigenvalue weighted by Crippen LogP contribution is -2.43. The highest BCUT2D eigenvalue weighted by Gasteiger charge is 2.22. The van der Waals surface area contributed by atoms with Crippen molar-refractivity contribution >= 4 is 17.4 Å². The van der Waals surface area contributed by atoms with E-state index in [1.165, 1.54) is 9.78 Å². The van der Waals surface area contributed by atoms with Gasteiger partial charge in [-0.3, -0.25) is 0 Å². The van der Waals surface area contributed by atoms with Crippen molar-refractivity contribution in [2.45, 2.75) is 19.3 Å². The van der Waals surface area contributed by atoms with E-state index < -0.39 is 0 Å². The van der Waals surface area contributed by atoms with Gasteiger partial charge in [-0.1, -0.05) is 19.9 Å². The molecule has 1 heterocycles. The molecule has 1 rings (SSSR count). The minimum atomic E-state index is -0.149. The Morgan fingerprint density at radius 2 is 2.29 bits per heavy atom. The summed E-state index contributed by atoms with van der Waals surface area (Å²) in [6.07, 6.45) is 0. The number of rotatable bonds is 5. The largest absolute Gasteiger partial charge is 0.395 e. The standard InChI is InChI=1S/C12H20N2O2S/c1-12(2,10-5-4-8-17-10)9-13-11(16)14(3)6-7-15/h4-5,8,15H,6-7,9H2,1-3H3,(H,13,16). The van der Waals surface area contributed by atoms with E-state index >= 15 is 0 Å². The van der Waals surface area contributed by atoms with Gasteiger partial charge in [-0.2, -0.15) is 0 Å². The zero-order valence-electron chi connectivity index (χ0n) is 10.6. The van der Waals surface area contributed by atoms with Crippen LogP contribution in [0.4, 0.5) is 4.79 Å². The second-order valence-corrected chi connectivity index (χ2v) is 5.61. The molecule has 4 nitrogen and oxygen atoms in total. The van der Waals surface area contributed by atoms with Gasteiger partial charge in [0.1, 0.15) is 0 Å². The first-order valence-corrected chi connectivity index (χ1v) is 6.49. The number of aliphatic hydroxyl groups excluding tert-OH is 1. The first kappa shape index (κ1) is 14.0. The number of urea groups is 1. The van der Waals surface area contributed by atoms with Crippen LogP contribution >= 0.6 is 11.3 Å². The number of carbonyl (C=O) groups excluding carboxylic acids is 1. The third-order valence-corrected chi connectivity index (χ3v) is 3.89. The molecule has 0 aliphatic rings. The average Bonchev–Trinajstić information content (AvgIpc) is 2.80. The molecule has 0 saturated carbocycles. The number of aliphatic hydroxyl groups is 1. The van der Waals surface area contributed by atoms with Gasteiger partial charge in [0.25, 0.3) is 0 Å². The quantitative estimate of drug-likeness (QED) is 0.842. The van der Waals surface area contributed by atoms with Crippen LogP contribution in [-0.2, 0) is 5.41 Å². The Morgan fingerprint density at radius 1 is 1.59 bits per heavy atom. The zero-order chi connectivity index (χ0) is 12.9. The minimum absolute atomic E-state index is 0.0156. The van der Waals surface area contributed by atoms with E-state index in [0.29, 0.717) is 13.1 Å². The Balaban J connectivity index is 2.47. The average molecular weight is 256 g/mol. The summed E-state index contributed by atoms with van der Waals surface area (Å²) in [5.41, 5.74) is -0.0656. The van der Waals surface area contributed by atoms with Crippen LogP contribution < -0.4 is 5.32 Å². The zero-order valence-corrected chi connectivity index (χ0v) is 11.4. The molecule has 96 valence electrons. The van der Waals surface area contributed by atoms with Gasteiger partial charge in [0.05, 0.1) is 6.61 Å². The highest BCUT2D eigenvalue weighted by atomic mass is 32.1. The first-order valence-electron chi connectivity index (χ1n) is 5.61. The molecule has 0 unspecified atom stereocenters. The highest BCUT2D eigenvalue weighted by Crippen LogP contribution is 2.26. The molecule has 0 aliphatic heterocycles. The Morgan fingerprint density at radius 3 is 2.82 bits per heavy atom. The first-order chi connectivity index (χ1) is 7.97. The van der Waals surface area contributed by atoms with Crippen molar-refractivity contribution < 1.29 is 9.90 Å². The monoisotopic (exact) mass is 256 g/mol. The Hall–Kier alpha value is -1.07. The third-order valence-electron chi connectivity index (χ3n) is 2.65. The molecule has 0 aromatic carbocycles. The number of hydrogen-bond acceptors (Lipinski definition) is 3. The summed E-state index contributed by atoms with van der Waals surface area (Å²) in [7, 11) is 1.67. The SMILES string of the molecule is CN(CCO)C(=O)NCC(C)(C)c1cccs1. The van der Waals surface area contributed by atoms with E-state index in [-0.39, 0.29) is 18.1 Å². The number of nitrogens with zero attached hydrogens (tertiary/aromatic N) is 1. The summed E-state index contributed by atoms with van der Waals surface area (Å²) in [6.45, 7) is 5.13. The summed E-state index contributed by atoms with van der Waals surface area (Å²) < 4.78 is 0. The molecule has 0 bridgehead atoms. The van der Waals surface area contributed by atoms with Crippen molar-refractivity contribution in [3.8, 4) is 0 Å². The van der Waals surface area contributed by atoms with Crippen molar-refractivity contribution in [1.82, 2.24) is 10.2 Å². The molecule has 1 aromatic heterocycles. The fourth-order valence-corrected chi connectivity index (χ4v) is 2.29. The van der Waals surface area contributed by atoms with E-state index in [1.807, 2.05) is 11.4 Å². The highest BCUT2D eigenvalue weighted by molar-refractivity contribution is 7.10. The van der Waals surface area contributed by atoms with Crippen LogP contribution in [-0.4, -0.2) is 42.8 Å². The van der Waals surface area contributed by atoms with Crippen LogP contribution in [0.15, 0.2) is 17.5 Å². The number of hydrogen-bond donors (Lipinski definition) is 2. The van der Waals surface area contributed by atoms with Gasteiger partial charge in [0, 0.05) is 30.4 Å². The molecular formula is C12H20N2O2S. The van der Waals surface area contributed by atoms with E-state index in [1.54, 1.807) is 18.4 Å². The third kappa shape index (κ3) is 4.02. The van der Waals surface area contributed by atoms with Gasteiger partial charge in [-0.15, -0.1) is 11.3 Å². The van der Waals surface area contributed by atoms with Gasteiger partial charge < -0.3 is 15.3 Å². The minimum Gasteiger partial charge on any atom is -0.395 e. The number of amides is 2. The fourth-order valence-electron chi connectivity index (χ4n) is 1.43. The molecule has 5 heteroatoms. The number of carbonyl (C=O) groups is 1. The summed E-state index contributed by atoms with van der Waals surface area (Å²) in [5.74, 6) is 0. The van der Waals surface area contributed by atoms with Gasteiger partial charge >= 0.3 is 6.03 Å². The number of likely N-dealkylation sites (N-methyl/N-ethyl adjacent to an activating group) is 1. The lowest BCUT2D eigenvalue weighted by molar-refractivity contribution is 0.188. The molecule has 2 amide bonds. The molecular weight excluding hydrogens is 236 g/mol. The maximum Gasteiger partial charge on any atom is 0.317 e. The maximum absolute atomic E-state index is 11.7. The summed E-state index contributed by atoms with van der Waals surface area (Å²) >= 11 is 1.70. The predicted octanol–water partition coefficient (Wildman–Crippen LogP) is 1.66. The van der Waals surface area contributed by atoms with Crippen LogP contribution in [0.3, 0.4) is 0 Å². The number of nitrogens with one attached hydrogen (secondary N) is 1. The Bertz CT molecular complexity index is 349. The number of thiophene rings is 1. The van der Waals surface area contributed by atoms with Gasteiger partial charge in [-0.05, 0) is 11.4 Å². The second kappa shape index (κ2) is 6.02. The van der Waals surface area contributed by atoms with E-state index in [9.17, 15) is 4.79 Å². The normalized spacial score (nSPS) is 11.3. The summed E-state index contributed by atoms with van der Waals surface area (Å²) in [6, 6.07) is 3.94. The van der Waals surface area contributed by atoms with Crippen molar-refractivity contribution in [1.29, 1.82) is 0 Å². The fraction of sp³-hybridized carbons (Fsp3) is 0.583. The second-order valence-electron chi connectivity index (χ2n) is 4.67. The lowest BCUT2D eigenvalue weighted by atomic mass is 9.91. The maximum atomic E-state index is 11.7. The molecule has 0 atom stereocenters. The summed E-state index contributed by atoms with van der Waals surface area (Å²) in [4.78, 5) is 14.4. The molecule has 2 N–H and O–H groups in total. The van der Waals surface area contributed by atoms with Crippen molar-refractivity contribution in [2.75, 3.05) is 26.7 Å². The molecule has 0 spiro atoms. The lowest BCUT2D eigenvalue weighted by Gasteiger charge is -2.25. The predicted molar refractivity (Wildman–Crippen MR) is 70.5 cm³/mol. The van der Waals surface area contributed by atoms with Gasteiger partial charge in [0.2, 0.25) is 0 Å². The molecule has 0 fully saturated rings. The Labute approximate surface area is 106 Å². The topological polar surface area (TPSA) is 52.6 Å². The smallest absolute Gasteiger partial charge is 0.317 e. The summed E-state index contributed by atoms with van der Waals surface area (Å²) in [5, 5.41) is 13.7. The van der Waals surface area contributed by atoms with Crippen LogP contribution in [0.25, 0.3) is 0 Å². The van der Waals surface area contributed by atoms with Crippen molar-refractivity contribution in [3.63, 3.8) is 0 Å². The molecule has 0 aliphatic carbocycles. The van der Waals surface area contributed by atoms with E-state index in [4.69, 9.17) is 5.11 Å². The van der Waals surface area contributed by atoms with Crippen LogP contribution in [0.2, 0.25) is 0 Å². The molecule has 0 radical (unpaired) electrons. The van der Waals surface area contributed by atoms with E-state index in [2.05, 4.69) is 25.2 Å². The van der Waals surface area contributed by atoms with Crippen molar-refractivity contribution in [2.24, 2.45) is 0 Å².